The molecule has 2 aliphatic rings. The van der Waals surface area contributed by atoms with E-state index in [2.05, 4.69) is 5.32 Å². The van der Waals surface area contributed by atoms with E-state index in [1.807, 2.05) is 6.07 Å². The van der Waals surface area contributed by atoms with Crippen molar-refractivity contribution in [2.45, 2.75) is 43.4 Å². The molecule has 1 saturated carbocycles. The van der Waals surface area contributed by atoms with Crippen LogP contribution in [0.25, 0.3) is 0 Å². The monoisotopic (exact) mass is 278 g/mol. The van der Waals surface area contributed by atoms with Crippen molar-refractivity contribution in [1.29, 1.82) is 0 Å². The van der Waals surface area contributed by atoms with Crippen molar-refractivity contribution in [3.05, 3.63) is 35.6 Å². The van der Waals surface area contributed by atoms with Crippen LogP contribution in [0.1, 0.15) is 31.2 Å². The molecule has 0 bridgehead atoms. The smallest absolute Gasteiger partial charge is 0.249 e. The molecule has 1 aliphatic carbocycles. The van der Waals surface area contributed by atoms with Gasteiger partial charge in [0.15, 0.2) is 0 Å². The minimum atomic E-state index is -0.422. The van der Waals surface area contributed by atoms with E-state index in [1.54, 1.807) is 6.07 Å². The zero-order valence-corrected chi connectivity index (χ0v) is 11.3. The highest BCUT2D eigenvalue weighted by atomic mass is 19.1. The molecule has 1 aromatic carbocycles. The molecule has 1 amide bonds. The summed E-state index contributed by atoms with van der Waals surface area (Å²) in [5.74, 6) is -0.383. The SMILES string of the molecule is NC[C@H]1CC[C@@H](C(=O)NC2(c3cccc(F)c3)CC2)O1. The minimum Gasteiger partial charge on any atom is -0.364 e. The molecular weight excluding hydrogens is 259 g/mol. The first-order chi connectivity index (χ1) is 9.63. The summed E-state index contributed by atoms with van der Waals surface area (Å²) in [4.78, 5) is 12.3. The van der Waals surface area contributed by atoms with Gasteiger partial charge < -0.3 is 15.8 Å². The number of halogens is 1. The third kappa shape index (κ3) is 2.55. The van der Waals surface area contributed by atoms with Gasteiger partial charge in [-0.3, -0.25) is 4.79 Å². The first-order valence-electron chi connectivity index (χ1n) is 7.06. The first-order valence-corrected chi connectivity index (χ1v) is 7.06. The highest BCUT2D eigenvalue weighted by molar-refractivity contribution is 5.82. The Kier molecular flexibility index (Phi) is 3.48. The second-order valence-corrected chi connectivity index (χ2v) is 5.64. The lowest BCUT2D eigenvalue weighted by molar-refractivity contribution is -0.133. The van der Waals surface area contributed by atoms with Gasteiger partial charge in [0.25, 0.3) is 0 Å². The van der Waals surface area contributed by atoms with E-state index in [9.17, 15) is 9.18 Å². The molecule has 108 valence electrons. The summed E-state index contributed by atoms with van der Waals surface area (Å²) in [6.07, 6.45) is 2.77. The Morgan fingerprint density at radius 3 is 2.85 bits per heavy atom. The fourth-order valence-corrected chi connectivity index (χ4v) is 2.79. The zero-order valence-electron chi connectivity index (χ0n) is 11.3. The molecule has 1 aromatic rings. The number of amides is 1. The first kappa shape index (κ1) is 13.5. The average molecular weight is 278 g/mol. The molecule has 1 aliphatic heterocycles. The number of rotatable bonds is 4. The van der Waals surface area contributed by atoms with Gasteiger partial charge in [-0.05, 0) is 43.4 Å². The molecule has 1 saturated heterocycles. The number of ether oxygens (including phenoxy) is 1. The Morgan fingerprint density at radius 2 is 2.25 bits per heavy atom. The summed E-state index contributed by atoms with van der Waals surface area (Å²) >= 11 is 0. The van der Waals surface area contributed by atoms with E-state index in [1.165, 1.54) is 12.1 Å². The largest absolute Gasteiger partial charge is 0.364 e. The Bertz CT molecular complexity index is 516. The summed E-state index contributed by atoms with van der Waals surface area (Å²) in [6.45, 7) is 0.443. The van der Waals surface area contributed by atoms with Gasteiger partial charge in [-0.25, -0.2) is 4.39 Å². The molecule has 0 radical (unpaired) electrons. The number of benzene rings is 1. The van der Waals surface area contributed by atoms with Gasteiger partial charge in [0.05, 0.1) is 11.6 Å². The number of carbonyl (C=O) groups is 1. The van der Waals surface area contributed by atoms with Crippen LogP contribution in [0.2, 0.25) is 0 Å². The van der Waals surface area contributed by atoms with E-state index in [0.717, 1.165) is 24.8 Å². The maximum absolute atomic E-state index is 13.3. The summed E-state index contributed by atoms with van der Waals surface area (Å²) in [5, 5.41) is 3.03. The predicted octanol–water partition coefficient (Wildman–Crippen LogP) is 1.44. The second-order valence-electron chi connectivity index (χ2n) is 5.64. The second kappa shape index (κ2) is 5.14. The van der Waals surface area contributed by atoms with Crippen LogP contribution < -0.4 is 11.1 Å². The van der Waals surface area contributed by atoms with Gasteiger partial charge >= 0.3 is 0 Å². The van der Waals surface area contributed by atoms with Gasteiger partial charge in [0.2, 0.25) is 5.91 Å². The van der Waals surface area contributed by atoms with Gasteiger partial charge in [-0.2, -0.15) is 0 Å². The Hall–Kier alpha value is -1.46. The minimum absolute atomic E-state index is 0.0185. The average Bonchev–Trinajstić information content (AvgIpc) is 3.06. The van der Waals surface area contributed by atoms with Crippen molar-refractivity contribution in [2.24, 2.45) is 5.73 Å². The topological polar surface area (TPSA) is 64.4 Å². The Balaban J connectivity index is 1.67. The molecule has 2 fully saturated rings. The lowest BCUT2D eigenvalue weighted by Gasteiger charge is -2.21. The lowest BCUT2D eigenvalue weighted by atomic mass is 10.0. The van der Waals surface area contributed by atoms with Crippen LogP contribution >= 0.6 is 0 Å². The van der Waals surface area contributed by atoms with Crippen molar-refractivity contribution in [3.8, 4) is 0 Å². The zero-order chi connectivity index (χ0) is 14.2. The van der Waals surface area contributed by atoms with Crippen molar-refractivity contribution in [1.82, 2.24) is 5.32 Å². The third-order valence-corrected chi connectivity index (χ3v) is 4.15. The van der Waals surface area contributed by atoms with E-state index in [0.29, 0.717) is 13.0 Å². The van der Waals surface area contributed by atoms with Gasteiger partial charge in [0.1, 0.15) is 11.9 Å². The van der Waals surface area contributed by atoms with Crippen molar-refractivity contribution in [2.75, 3.05) is 6.54 Å². The molecular formula is C15H19FN2O2. The van der Waals surface area contributed by atoms with E-state index in [-0.39, 0.29) is 17.8 Å². The number of hydrogen-bond acceptors (Lipinski definition) is 3. The normalized spacial score (nSPS) is 27.3. The molecule has 3 N–H and O–H groups in total. The predicted molar refractivity (Wildman–Crippen MR) is 72.4 cm³/mol. The van der Waals surface area contributed by atoms with Crippen LogP contribution in [0, 0.1) is 5.82 Å². The van der Waals surface area contributed by atoms with E-state index < -0.39 is 11.6 Å². The quantitative estimate of drug-likeness (QED) is 0.876. The Labute approximate surface area is 117 Å². The van der Waals surface area contributed by atoms with Crippen LogP contribution in [0.3, 0.4) is 0 Å². The van der Waals surface area contributed by atoms with Gasteiger partial charge in [-0.1, -0.05) is 12.1 Å². The molecule has 5 heteroatoms. The van der Waals surface area contributed by atoms with E-state index >= 15 is 0 Å². The summed E-state index contributed by atoms with van der Waals surface area (Å²) in [5.41, 5.74) is 5.98. The summed E-state index contributed by atoms with van der Waals surface area (Å²) in [6, 6.07) is 6.43. The maximum atomic E-state index is 13.3. The Morgan fingerprint density at radius 1 is 1.45 bits per heavy atom. The highest BCUT2D eigenvalue weighted by Gasteiger charge is 2.47. The molecule has 1 heterocycles. The van der Waals surface area contributed by atoms with Gasteiger partial charge in [-0.15, -0.1) is 0 Å². The van der Waals surface area contributed by atoms with Crippen LogP contribution in [0.15, 0.2) is 24.3 Å². The maximum Gasteiger partial charge on any atom is 0.249 e. The van der Waals surface area contributed by atoms with Crippen molar-refractivity contribution >= 4 is 5.91 Å². The number of carbonyl (C=O) groups excluding carboxylic acids is 1. The highest BCUT2D eigenvalue weighted by Crippen LogP contribution is 2.45. The molecule has 2 atom stereocenters. The lowest BCUT2D eigenvalue weighted by Crippen LogP contribution is -2.42. The number of nitrogens with two attached hydrogens (primary N) is 1. The fraction of sp³-hybridized carbons (Fsp3) is 0.533. The molecule has 0 aromatic heterocycles. The van der Waals surface area contributed by atoms with Crippen LogP contribution in [0.5, 0.6) is 0 Å². The fourth-order valence-electron chi connectivity index (χ4n) is 2.79. The van der Waals surface area contributed by atoms with Crippen LogP contribution in [-0.4, -0.2) is 24.7 Å². The number of nitrogens with one attached hydrogen (secondary N) is 1. The van der Waals surface area contributed by atoms with Gasteiger partial charge in [0, 0.05) is 6.54 Å². The summed E-state index contributed by atoms with van der Waals surface area (Å²) < 4.78 is 18.9. The summed E-state index contributed by atoms with van der Waals surface area (Å²) in [7, 11) is 0. The van der Waals surface area contributed by atoms with Crippen LogP contribution in [0.4, 0.5) is 4.39 Å². The molecule has 20 heavy (non-hydrogen) atoms. The van der Waals surface area contributed by atoms with Crippen molar-refractivity contribution < 1.29 is 13.9 Å². The van der Waals surface area contributed by atoms with Crippen LogP contribution in [-0.2, 0) is 15.1 Å². The standard InChI is InChI=1S/C15H19FN2O2/c16-11-3-1-2-10(8-11)15(6-7-15)18-14(19)13-5-4-12(9-17)20-13/h1-3,8,12-13H,4-7,9,17H2,(H,18,19)/t12-,13+/m1/s1. The van der Waals surface area contributed by atoms with Crippen molar-refractivity contribution in [3.63, 3.8) is 0 Å². The third-order valence-electron chi connectivity index (χ3n) is 4.15. The van der Waals surface area contributed by atoms with E-state index in [4.69, 9.17) is 10.5 Å². The molecule has 0 unspecified atom stereocenters. The molecule has 0 spiro atoms. The molecule has 3 rings (SSSR count). The molecule has 4 nitrogen and oxygen atoms in total. The number of hydrogen-bond donors (Lipinski definition) is 2.